The SMILES string of the molecule is CCN(CC)CCCNc1cc(C)nc2ccccc12. The topological polar surface area (TPSA) is 28.2 Å². The van der Waals surface area contributed by atoms with Crippen LogP contribution < -0.4 is 5.32 Å². The molecule has 0 saturated heterocycles. The molecule has 0 radical (unpaired) electrons. The molecule has 0 amide bonds. The summed E-state index contributed by atoms with van der Waals surface area (Å²) in [6.45, 7) is 10.9. The molecule has 2 rings (SSSR count). The minimum atomic E-state index is 1.00. The van der Waals surface area contributed by atoms with Gasteiger partial charge < -0.3 is 10.2 Å². The van der Waals surface area contributed by atoms with Crippen LogP contribution in [-0.2, 0) is 0 Å². The van der Waals surface area contributed by atoms with Crippen molar-refractivity contribution in [1.29, 1.82) is 0 Å². The highest BCUT2D eigenvalue weighted by molar-refractivity contribution is 5.91. The Morgan fingerprint density at radius 2 is 1.90 bits per heavy atom. The minimum absolute atomic E-state index is 1.00. The Hall–Kier alpha value is -1.61. The summed E-state index contributed by atoms with van der Waals surface area (Å²) in [5.74, 6) is 0. The van der Waals surface area contributed by atoms with E-state index in [-0.39, 0.29) is 0 Å². The van der Waals surface area contributed by atoms with E-state index in [1.165, 1.54) is 11.1 Å². The number of benzene rings is 1. The van der Waals surface area contributed by atoms with Gasteiger partial charge in [0.2, 0.25) is 0 Å². The molecule has 1 heterocycles. The third-order valence-corrected chi connectivity index (χ3v) is 3.71. The van der Waals surface area contributed by atoms with E-state index in [4.69, 9.17) is 0 Å². The molecular formula is C17H25N3. The minimum Gasteiger partial charge on any atom is -0.384 e. The molecule has 0 spiro atoms. The molecule has 1 N–H and O–H groups in total. The second-order valence-corrected chi connectivity index (χ2v) is 5.14. The molecule has 3 nitrogen and oxygen atoms in total. The molecule has 0 fully saturated rings. The van der Waals surface area contributed by atoms with Gasteiger partial charge in [0.1, 0.15) is 0 Å². The van der Waals surface area contributed by atoms with Gasteiger partial charge in [-0.3, -0.25) is 4.98 Å². The average Bonchev–Trinajstić information content (AvgIpc) is 2.47. The normalized spacial score (nSPS) is 11.2. The van der Waals surface area contributed by atoms with Gasteiger partial charge in [-0.1, -0.05) is 32.0 Å². The maximum absolute atomic E-state index is 4.57. The van der Waals surface area contributed by atoms with Gasteiger partial charge in [0, 0.05) is 23.3 Å². The number of nitrogens with one attached hydrogen (secondary N) is 1. The lowest BCUT2D eigenvalue weighted by atomic mass is 10.1. The lowest BCUT2D eigenvalue weighted by Gasteiger charge is -2.18. The van der Waals surface area contributed by atoms with Gasteiger partial charge in [-0.05, 0) is 45.1 Å². The van der Waals surface area contributed by atoms with Crippen molar-refractivity contribution in [2.75, 3.05) is 31.5 Å². The molecule has 108 valence electrons. The van der Waals surface area contributed by atoms with E-state index in [2.05, 4.69) is 53.3 Å². The van der Waals surface area contributed by atoms with Crippen molar-refractivity contribution in [3.05, 3.63) is 36.0 Å². The summed E-state index contributed by atoms with van der Waals surface area (Å²) < 4.78 is 0. The maximum Gasteiger partial charge on any atom is 0.0725 e. The quantitative estimate of drug-likeness (QED) is 0.779. The highest BCUT2D eigenvalue weighted by Gasteiger charge is 2.03. The molecule has 0 bridgehead atoms. The smallest absolute Gasteiger partial charge is 0.0725 e. The van der Waals surface area contributed by atoms with Crippen LogP contribution in [0.3, 0.4) is 0 Å². The van der Waals surface area contributed by atoms with Gasteiger partial charge in [0.25, 0.3) is 0 Å². The number of rotatable bonds is 7. The fourth-order valence-electron chi connectivity index (χ4n) is 2.52. The summed E-state index contributed by atoms with van der Waals surface area (Å²) in [5.41, 5.74) is 3.33. The third-order valence-electron chi connectivity index (χ3n) is 3.71. The third kappa shape index (κ3) is 3.70. The van der Waals surface area contributed by atoms with E-state index in [1.54, 1.807) is 0 Å². The van der Waals surface area contributed by atoms with Crippen LogP contribution in [0.4, 0.5) is 5.69 Å². The zero-order chi connectivity index (χ0) is 14.4. The number of nitrogens with zero attached hydrogens (tertiary/aromatic N) is 2. The van der Waals surface area contributed by atoms with Crippen molar-refractivity contribution >= 4 is 16.6 Å². The molecule has 0 atom stereocenters. The second kappa shape index (κ2) is 7.25. The van der Waals surface area contributed by atoms with Crippen molar-refractivity contribution in [1.82, 2.24) is 9.88 Å². The van der Waals surface area contributed by atoms with Crippen LogP contribution in [0.1, 0.15) is 26.0 Å². The average molecular weight is 271 g/mol. The Kier molecular flexibility index (Phi) is 5.36. The molecule has 20 heavy (non-hydrogen) atoms. The van der Waals surface area contributed by atoms with Crippen molar-refractivity contribution in [3.8, 4) is 0 Å². The van der Waals surface area contributed by atoms with E-state index in [9.17, 15) is 0 Å². The van der Waals surface area contributed by atoms with Gasteiger partial charge in [-0.15, -0.1) is 0 Å². The number of para-hydroxylation sites is 1. The summed E-state index contributed by atoms with van der Waals surface area (Å²) in [7, 11) is 0. The van der Waals surface area contributed by atoms with Crippen LogP contribution >= 0.6 is 0 Å². The summed E-state index contributed by atoms with van der Waals surface area (Å²) in [4.78, 5) is 7.03. The first-order chi connectivity index (χ1) is 9.74. The van der Waals surface area contributed by atoms with Crippen molar-refractivity contribution in [2.45, 2.75) is 27.2 Å². The Morgan fingerprint density at radius 1 is 1.15 bits per heavy atom. The number of hydrogen-bond donors (Lipinski definition) is 1. The van der Waals surface area contributed by atoms with Crippen molar-refractivity contribution in [2.24, 2.45) is 0 Å². The predicted octanol–water partition coefficient (Wildman–Crippen LogP) is 3.69. The Labute approximate surface area is 122 Å². The molecule has 1 aromatic carbocycles. The first-order valence-corrected chi connectivity index (χ1v) is 7.57. The lowest BCUT2D eigenvalue weighted by Crippen LogP contribution is -2.25. The largest absolute Gasteiger partial charge is 0.384 e. The first kappa shape index (κ1) is 14.8. The number of anilines is 1. The summed E-state index contributed by atoms with van der Waals surface area (Å²) in [6.07, 6.45) is 1.16. The van der Waals surface area contributed by atoms with Gasteiger partial charge in [-0.2, -0.15) is 0 Å². The van der Waals surface area contributed by atoms with Crippen LogP contribution in [0, 0.1) is 6.92 Å². The number of pyridine rings is 1. The summed E-state index contributed by atoms with van der Waals surface area (Å²) in [5, 5.41) is 4.77. The van der Waals surface area contributed by atoms with Gasteiger partial charge in [0.05, 0.1) is 5.52 Å². The lowest BCUT2D eigenvalue weighted by molar-refractivity contribution is 0.303. The van der Waals surface area contributed by atoms with Gasteiger partial charge in [-0.25, -0.2) is 0 Å². The fraction of sp³-hybridized carbons (Fsp3) is 0.471. The Balaban J connectivity index is 1.99. The molecule has 0 aliphatic carbocycles. The van der Waals surface area contributed by atoms with Crippen LogP contribution in [0.2, 0.25) is 0 Å². The van der Waals surface area contributed by atoms with Gasteiger partial charge in [0.15, 0.2) is 0 Å². The summed E-state index contributed by atoms with van der Waals surface area (Å²) in [6, 6.07) is 10.5. The zero-order valence-electron chi connectivity index (χ0n) is 12.8. The number of aromatic nitrogens is 1. The standard InChI is InChI=1S/C17H25N3/c1-4-20(5-2)12-8-11-18-17-13-14(3)19-16-10-7-6-9-15(16)17/h6-7,9-10,13H,4-5,8,11-12H2,1-3H3,(H,18,19). The molecule has 0 unspecified atom stereocenters. The Morgan fingerprint density at radius 3 is 2.65 bits per heavy atom. The molecule has 0 aliphatic heterocycles. The van der Waals surface area contributed by atoms with Crippen LogP contribution in [-0.4, -0.2) is 36.1 Å². The van der Waals surface area contributed by atoms with Crippen molar-refractivity contribution < 1.29 is 0 Å². The van der Waals surface area contributed by atoms with E-state index in [1.807, 2.05) is 13.0 Å². The fourth-order valence-corrected chi connectivity index (χ4v) is 2.52. The van der Waals surface area contributed by atoms with Crippen LogP contribution in [0.15, 0.2) is 30.3 Å². The van der Waals surface area contributed by atoms with Crippen LogP contribution in [0.25, 0.3) is 10.9 Å². The zero-order valence-corrected chi connectivity index (χ0v) is 12.8. The molecule has 2 aromatic rings. The van der Waals surface area contributed by atoms with Gasteiger partial charge >= 0.3 is 0 Å². The monoisotopic (exact) mass is 271 g/mol. The maximum atomic E-state index is 4.57. The van der Waals surface area contributed by atoms with E-state index < -0.39 is 0 Å². The predicted molar refractivity (Wildman–Crippen MR) is 87.4 cm³/mol. The molecule has 3 heteroatoms. The van der Waals surface area contributed by atoms with Crippen LogP contribution in [0.5, 0.6) is 0 Å². The Bertz CT molecular complexity index is 547. The number of hydrogen-bond acceptors (Lipinski definition) is 3. The number of aryl methyl sites for hydroxylation is 1. The van der Waals surface area contributed by atoms with Crippen molar-refractivity contribution in [3.63, 3.8) is 0 Å². The number of fused-ring (bicyclic) bond motifs is 1. The van der Waals surface area contributed by atoms with E-state index >= 15 is 0 Å². The first-order valence-electron chi connectivity index (χ1n) is 7.57. The molecule has 1 aromatic heterocycles. The highest BCUT2D eigenvalue weighted by Crippen LogP contribution is 2.22. The van der Waals surface area contributed by atoms with E-state index in [0.717, 1.165) is 43.8 Å². The summed E-state index contributed by atoms with van der Waals surface area (Å²) >= 11 is 0. The van der Waals surface area contributed by atoms with E-state index in [0.29, 0.717) is 0 Å². The molecule has 0 saturated carbocycles. The molecular weight excluding hydrogens is 246 g/mol. The molecule has 0 aliphatic rings. The highest BCUT2D eigenvalue weighted by atomic mass is 15.1. The second-order valence-electron chi connectivity index (χ2n) is 5.14.